The van der Waals surface area contributed by atoms with Gasteiger partial charge in [0.1, 0.15) is 18.2 Å². The topological polar surface area (TPSA) is 71.4 Å². The van der Waals surface area contributed by atoms with Crippen LogP contribution >= 0.6 is 27.5 Å². The molecule has 3 rings (SSSR count). The van der Waals surface area contributed by atoms with Gasteiger partial charge < -0.3 is 14.8 Å². The molecule has 0 unspecified atom stereocenters. The zero-order valence-corrected chi connectivity index (χ0v) is 20.5. The van der Waals surface area contributed by atoms with E-state index in [0.717, 1.165) is 12.0 Å². The highest BCUT2D eigenvalue weighted by Crippen LogP contribution is 2.38. The largest absolute Gasteiger partial charge is 0.493 e. The molecule has 3 aromatic carbocycles. The summed E-state index contributed by atoms with van der Waals surface area (Å²) in [6, 6.07) is 20.3. The average Bonchev–Trinajstić information content (AvgIpc) is 2.83. The van der Waals surface area contributed by atoms with Crippen molar-refractivity contribution in [2.75, 3.05) is 12.4 Å². The van der Waals surface area contributed by atoms with E-state index < -0.39 is 5.91 Å². The van der Waals surface area contributed by atoms with Gasteiger partial charge in [0.2, 0.25) is 0 Å². The fraction of sp³-hybridized carbons (Fsp3) is 0.154. The second-order valence-corrected chi connectivity index (χ2v) is 8.41. The van der Waals surface area contributed by atoms with Gasteiger partial charge in [-0.25, -0.2) is 0 Å². The van der Waals surface area contributed by atoms with E-state index in [9.17, 15) is 10.1 Å². The van der Waals surface area contributed by atoms with Crippen molar-refractivity contribution in [3.05, 3.63) is 92.4 Å². The van der Waals surface area contributed by atoms with Crippen LogP contribution in [0.3, 0.4) is 0 Å². The highest BCUT2D eigenvalue weighted by atomic mass is 79.9. The number of nitriles is 1. The number of hydrogen-bond acceptors (Lipinski definition) is 4. The number of nitrogens with zero attached hydrogens (tertiary/aromatic N) is 1. The summed E-state index contributed by atoms with van der Waals surface area (Å²) >= 11 is 9.43. The van der Waals surface area contributed by atoms with E-state index in [2.05, 4.69) is 28.2 Å². The number of ether oxygens (including phenoxy) is 2. The molecule has 0 fully saturated rings. The smallest absolute Gasteiger partial charge is 0.266 e. The van der Waals surface area contributed by atoms with Gasteiger partial charge in [0.25, 0.3) is 5.91 Å². The normalized spacial score (nSPS) is 10.9. The van der Waals surface area contributed by atoms with Crippen molar-refractivity contribution in [1.82, 2.24) is 0 Å². The van der Waals surface area contributed by atoms with Crippen molar-refractivity contribution in [2.45, 2.75) is 20.0 Å². The van der Waals surface area contributed by atoms with Gasteiger partial charge in [0.05, 0.1) is 11.6 Å². The molecule has 0 aliphatic heterocycles. The Hall–Kier alpha value is -3.27. The summed E-state index contributed by atoms with van der Waals surface area (Å²) in [5.74, 6) is 0.501. The number of amides is 1. The first-order valence-electron chi connectivity index (χ1n) is 10.2. The third-order valence-corrected chi connectivity index (χ3v) is 5.69. The van der Waals surface area contributed by atoms with Gasteiger partial charge >= 0.3 is 0 Å². The SMILES string of the molecule is CCc1ccc(NC(=O)/C(C#N)=C\c2cc(Br)c(OCc3ccc(Cl)cc3)c(OC)c2)cc1. The first-order chi connectivity index (χ1) is 15.9. The molecular weight excluding hydrogens is 504 g/mol. The quantitative estimate of drug-likeness (QED) is 0.259. The van der Waals surface area contributed by atoms with Crippen molar-refractivity contribution in [2.24, 2.45) is 0 Å². The summed E-state index contributed by atoms with van der Waals surface area (Å²) < 4.78 is 12.0. The number of nitrogens with one attached hydrogen (secondary N) is 1. The first kappa shape index (κ1) is 24.4. The van der Waals surface area contributed by atoms with Crippen LogP contribution in [0.5, 0.6) is 11.5 Å². The molecule has 33 heavy (non-hydrogen) atoms. The number of benzene rings is 3. The lowest BCUT2D eigenvalue weighted by atomic mass is 10.1. The zero-order valence-electron chi connectivity index (χ0n) is 18.2. The summed E-state index contributed by atoms with van der Waals surface area (Å²) in [5.41, 5.74) is 3.33. The predicted octanol–water partition coefficient (Wildman–Crippen LogP) is 6.80. The maximum absolute atomic E-state index is 12.6. The van der Waals surface area contributed by atoms with Crippen molar-refractivity contribution in [3.8, 4) is 17.6 Å². The van der Waals surface area contributed by atoms with Gasteiger partial charge in [0, 0.05) is 10.7 Å². The Labute approximate surface area is 206 Å². The lowest BCUT2D eigenvalue weighted by molar-refractivity contribution is -0.112. The Balaban J connectivity index is 1.79. The van der Waals surface area contributed by atoms with Crippen LogP contribution in [0.4, 0.5) is 5.69 Å². The Morgan fingerprint density at radius 3 is 2.39 bits per heavy atom. The van der Waals surface area contributed by atoms with Gasteiger partial charge in [-0.05, 0) is 81.5 Å². The minimum absolute atomic E-state index is 0.0293. The van der Waals surface area contributed by atoms with Gasteiger partial charge in [-0.3, -0.25) is 4.79 Å². The molecule has 0 bridgehead atoms. The summed E-state index contributed by atoms with van der Waals surface area (Å²) in [6.07, 6.45) is 2.42. The molecule has 0 spiro atoms. The predicted molar refractivity (Wildman–Crippen MR) is 135 cm³/mol. The van der Waals surface area contributed by atoms with E-state index in [1.54, 1.807) is 24.3 Å². The van der Waals surface area contributed by atoms with E-state index in [1.165, 1.54) is 18.7 Å². The lowest BCUT2D eigenvalue weighted by Gasteiger charge is -2.14. The second-order valence-electron chi connectivity index (χ2n) is 7.12. The molecule has 3 aromatic rings. The molecule has 0 aliphatic rings. The lowest BCUT2D eigenvalue weighted by Crippen LogP contribution is -2.13. The maximum atomic E-state index is 12.6. The van der Waals surface area contributed by atoms with Gasteiger partial charge in [0.15, 0.2) is 11.5 Å². The monoisotopic (exact) mass is 524 g/mol. The van der Waals surface area contributed by atoms with Gasteiger partial charge in [-0.15, -0.1) is 0 Å². The molecule has 168 valence electrons. The molecule has 0 aromatic heterocycles. The minimum atomic E-state index is -0.486. The van der Waals surface area contributed by atoms with Crippen molar-refractivity contribution < 1.29 is 14.3 Å². The van der Waals surface area contributed by atoms with E-state index in [0.29, 0.717) is 38.9 Å². The average molecular weight is 526 g/mol. The van der Waals surface area contributed by atoms with Crippen LogP contribution in [-0.2, 0) is 17.8 Å². The van der Waals surface area contributed by atoms with Crippen molar-refractivity contribution >= 4 is 45.2 Å². The Bertz CT molecular complexity index is 1200. The van der Waals surface area contributed by atoms with Crippen molar-refractivity contribution in [1.29, 1.82) is 5.26 Å². The number of anilines is 1. The van der Waals surface area contributed by atoms with Crippen LogP contribution in [0.1, 0.15) is 23.6 Å². The molecular formula is C26H22BrClN2O3. The molecule has 7 heteroatoms. The molecule has 5 nitrogen and oxygen atoms in total. The second kappa shape index (κ2) is 11.6. The molecule has 1 N–H and O–H groups in total. The molecule has 1 amide bonds. The molecule has 0 radical (unpaired) electrons. The zero-order chi connectivity index (χ0) is 23.8. The number of halogens is 2. The van der Waals surface area contributed by atoms with Crippen LogP contribution in [-0.4, -0.2) is 13.0 Å². The van der Waals surface area contributed by atoms with Crippen molar-refractivity contribution in [3.63, 3.8) is 0 Å². The number of carbonyl (C=O) groups excluding carboxylic acids is 1. The van der Waals surface area contributed by atoms with E-state index in [1.807, 2.05) is 42.5 Å². The molecule has 0 saturated carbocycles. The maximum Gasteiger partial charge on any atom is 0.266 e. The molecule has 0 aliphatic carbocycles. The number of rotatable bonds is 8. The summed E-state index contributed by atoms with van der Waals surface area (Å²) in [6.45, 7) is 2.38. The van der Waals surface area contributed by atoms with E-state index in [4.69, 9.17) is 21.1 Å². The summed E-state index contributed by atoms with van der Waals surface area (Å²) in [4.78, 5) is 12.6. The summed E-state index contributed by atoms with van der Waals surface area (Å²) in [5, 5.41) is 13.0. The molecule has 0 atom stereocenters. The Kier molecular flexibility index (Phi) is 8.53. The number of methoxy groups -OCH3 is 1. The third-order valence-electron chi connectivity index (χ3n) is 4.84. The number of hydrogen-bond donors (Lipinski definition) is 1. The number of aryl methyl sites for hydroxylation is 1. The van der Waals surface area contributed by atoms with Crippen LogP contribution in [0.15, 0.2) is 70.7 Å². The van der Waals surface area contributed by atoms with Crippen LogP contribution < -0.4 is 14.8 Å². The van der Waals surface area contributed by atoms with Crippen LogP contribution in [0.25, 0.3) is 6.08 Å². The van der Waals surface area contributed by atoms with Crippen LogP contribution in [0, 0.1) is 11.3 Å². The fourth-order valence-electron chi connectivity index (χ4n) is 3.04. The minimum Gasteiger partial charge on any atom is -0.493 e. The summed E-state index contributed by atoms with van der Waals surface area (Å²) in [7, 11) is 1.53. The van der Waals surface area contributed by atoms with Gasteiger partial charge in [-0.1, -0.05) is 42.8 Å². The highest BCUT2D eigenvalue weighted by molar-refractivity contribution is 9.10. The Morgan fingerprint density at radius 2 is 1.79 bits per heavy atom. The molecule has 0 heterocycles. The third kappa shape index (κ3) is 6.61. The fourth-order valence-corrected chi connectivity index (χ4v) is 3.74. The van der Waals surface area contributed by atoms with E-state index >= 15 is 0 Å². The van der Waals surface area contributed by atoms with Crippen LogP contribution in [0.2, 0.25) is 5.02 Å². The Morgan fingerprint density at radius 1 is 1.12 bits per heavy atom. The standard InChI is InChI=1S/C26H22BrClN2O3/c1-3-17-6-10-22(11-7-17)30-26(31)20(15-29)12-19-13-23(27)25(24(14-19)32-2)33-16-18-4-8-21(28)9-5-18/h4-14H,3,16H2,1-2H3,(H,30,31)/b20-12-. The highest BCUT2D eigenvalue weighted by Gasteiger charge is 2.14. The van der Waals surface area contributed by atoms with Gasteiger partial charge in [-0.2, -0.15) is 5.26 Å². The van der Waals surface area contributed by atoms with E-state index in [-0.39, 0.29) is 5.57 Å². The molecule has 0 saturated heterocycles. The number of carbonyl (C=O) groups is 1. The first-order valence-corrected chi connectivity index (χ1v) is 11.4.